The average Bonchev–Trinajstić information content (AvgIpc) is 3.73. The second kappa shape index (κ2) is 7.99. The van der Waals surface area contributed by atoms with E-state index in [1.807, 2.05) is 0 Å². The van der Waals surface area contributed by atoms with Gasteiger partial charge in [-0.15, -0.1) is 0 Å². The molecular formula is C27H30O4. The second-order valence-electron chi connectivity index (χ2n) is 9.47. The molecule has 6 rings (SSSR count). The van der Waals surface area contributed by atoms with Crippen LogP contribution >= 0.6 is 0 Å². The van der Waals surface area contributed by atoms with E-state index in [4.69, 9.17) is 18.9 Å². The molecule has 4 heteroatoms. The van der Waals surface area contributed by atoms with Crippen LogP contribution in [0.3, 0.4) is 0 Å². The number of hydrogen-bond donors (Lipinski definition) is 0. The lowest BCUT2D eigenvalue weighted by molar-refractivity contribution is 0.263. The maximum absolute atomic E-state index is 5.87. The molecule has 2 saturated carbocycles. The molecule has 4 aliphatic rings. The smallest absolute Gasteiger partial charge is 0.119 e. The van der Waals surface area contributed by atoms with E-state index in [0.29, 0.717) is 19.1 Å². The topological polar surface area (TPSA) is 43.5 Å². The lowest BCUT2D eigenvalue weighted by atomic mass is 9.79. The van der Waals surface area contributed by atoms with E-state index < -0.39 is 0 Å². The first-order valence-electron chi connectivity index (χ1n) is 11.7. The van der Waals surface area contributed by atoms with E-state index in [1.165, 1.54) is 36.0 Å². The first-order valence-corrected chi connectivity index (χ1v) is 11.7. The Labute approximate surface area is 184 Å². The highest BCUT2D eigenvalue weighted by Gasteiger charge is 2.42. The maximum atomic E-state index is 5.87. The lowest BCUT2D eigenvalue weighted by Crippen LogP contribution is -2.12. The Morgan fingerprint density at radius 2 is 1.32 bits per heavy atom. The number of ether oxygens (including phenoxy) is 4. The normalized spacial score (nSPS) is 30.4. The Balaban J connectivity index is 1.30. The zero-order chi connectivity index (χ0) is 20.8. The molecule has 0 aromatic heterocycles. The van der Waals surface area contributed by atoms with Crippen molar-refractivity contribution < 1.29 is 18.9 Å². The summed E-state index contributed by atoms with van der Waals surface area (Å²) in [6.45, 7) is 5.35. The number of allylic oxidation sites excluding steroid dienone is 1. The van der Waals surface area contributed by atoms with Crippen molar-refractivity contribution >= 4 is 5.57 Å². The minimum absolute atomic E-state index is 0.277. The summed E-state index contributed by atoms with van der Waals surface area (Å²) in [5, 5.41) is 0. The molecule has 31 heavy (non-hydrogen) atoms. The fourth-order valence-electron chi connectivity index (χ4n) is 5.45. The fourth-order valence-corrected chi connectivity index (χ4v) is 5.45. The van der Waals surface area contributed by atoms with Crippen LogP contribution < -0.4 is 9.47 Å². The summed E-state index contributed by atoms with van der Waals surface area (Å²) >= 11 is 0. The van der Waals surface area contributed by atoms with Gasteiger partial charge in [0.15, 0.2) is 0 Å². The quantitative estimate of drug-likeness (QED) is 0.559. The van der Waals surface area contributed by atoms with Crippen LogP contribution in [0, 0.1) is 17.8 Å². The van der Waals surface area contributed by atoms with Crippen LogP contribution in [0.5, 0.6) is 11.5 Å². The third-order valence-corrected chi connectivity index (χ3v) is 7.36. The lowest BCUT2D eigenvalue weighted by Gasteiger charge is -2.26. The summed E-state index contributed by atoms with van der Waals surface area (Å²) in [6.07, 6.45) is 4.62. The Kier molecular flexibility index (Phi) is 5.00. The highest BCUT2D eigenvalue weighted by Crippen LogP contribution is 2.55. The van der Waals surface area contributed by atoms with Gasteiger partial charge in [-0.05, 0) is 78.0 Å². The molecule has 5 atom stereocenters. The SMILES string of the molecule is CC1C(=C(c2ccc(OCC3CO3)cc2)c2ccc(OCC3CO3)cc2)C2CCC1C2. The minimum atomic E-state index is 0.277. The van der Waals surface area contributed by atoms with E-state index >= 15 is 0 Å². The molecule has 4 fully saturated rings. The van der Waals surface area contributed by atoms with Crippen LogP contribution in [0.25, 0.3) is 5.57 Å². The third-order valence-electron chi connectivity index (χ3n) is 7.36. The van der Waals surface area contributed by atoms with Crippen LogP contribution in [-0.4, -0.2) is 38.6 Å². The zero-order valence-corrected chi connectivity index (χ0v) is 18.1. The maximum Gasteiger partial charge on any atom is 0.119 e. The van der Waals surface area contributed by atoms with Gasteiger partial charge in [0.2, 0.25) is 0 Å². The molecule has 2 bridgehead atoms. The van der Waals surface area contributed by atoms with Gasteiger partial charge in [-0.3, -0.25) is 0 Å². The molecule has 0 N–H and O–H groups in total. The van der Waals surface area contributed by atoms with E-state index in [-0.39, 0.29) is 12.2 Å². The van der Waals surface area contributed by atoms with Gasteiger partial charge in [-0.1, -0.05) is 36.8 Å². The van der Waals surface area contributed by atoms with Crippen molar-refractivity contribution in [2.24, 2.45) is 17.8 Å². The largest absolute Gasteiger partial charge is 0.491 e. The number of rotatable bonds is 8. The highest BCUT2D eigenvalue weighted by atomic mass is 16.6. The Hall–Kier alpha value is -2.30. The predicted molar refractivity (Wildman–Crippen MR) is 119 cm³/mol. The number of benzene rings is 2. The molecule has 2 aliphatic carbocycles. The Bertz CT molecular complexity index is 888. The van der Waals surface area contributed by atoms with Crippen molar-refractivity contribution in [3.05, 3.63) is 65.2 Å². The van der Waals surface area contributed by atoms with Crippen LogP contribution in [0.2, 0.25) is 0 Å². The molecule has 162 valence electrons. The van der Waals surface area contributed by atoms with Gasteiger partial charge in [0.1, 0.15) is 36.9 Å². The molecule has 2 saturated heterocycles. The molecule has 0 radical (unpaired) electrons. The monoisotopic (exact) mass is 418 g/mol. The molecule has 2 heterocycles. The van der Waals surface area contributed by atoms with Crippen LogP contribution in [0.4, 0.5) is 0 Å². The molecule has 2 aliphatic heterocycles. The summed E-state index contributed by atoms with van der Waals surface area (Å²) < 4.78 is 22.2. The van der Waals surface area contributed by atoms with Crippen molar-refractivity contribution in [3.63, 3.8) is 0 Å². The minimum Gasteiger partial charge on any atom is -0.491 e. The van der Waals surface area contributed by atoms with Gasteiger partial charge in [0, 0.05) is 0 Å². The van der Waals surface area contributed by atoms with Crippen molar-refractivity contribution in [2.75, 3.05) is 26.4 Å². The van der Waals surface area contributed by atoms with Gasteiger partial charge in [-0.2, -0.15) is 0 Å². The summed E-state index contributed by atoms with van der Waals surface area (Å²) in [5.41, 5.74) is 5.62. The molecular weight excluding hydrogens is 388 g/mol. The van der Waals surface area contributed by atoms with E-state index in [1.54, 1.807) is 5.57 Å². The Morgan fingerprint density at radius 1 is 0.806 bits per heavy atom. The van der Waals surface area contributed by atoms with E-state index in [0.717, 1.165) is 36.5 Å². The number of fused-ring (bicyclic) bond motifs is 2. The molecule has 2 aromatic rings. The first-order chi connectivity index (χ1) is 15.2. The summed E-state index contributed by atoms with van der Waals surface area (Å²) in [4.78, 5) is 0. The van der Waals surface area contributed by atoms with Crippen molar-refractivity contribution in [1.29, 1.82) is 0 Å². The Morgan fingerprint density at radius 3 is 1.74 bits per heavy atom. The first kappa shape index (κ1) is 19.4. The number of epoxide rings is 2. The third kappa shape index (κ3) is 4.11. The fraction of sp³-hybridized carbons (Fsp3) is 0.481. The molecule has 5 unspecified atom stereocenters. The zero-order valence-electron chi connectivity index (χ0n) is 18.1. The van der Waals surface area contributed by atoms with E-state index in [2.05, 4.69) is 55.5 Å². The van der Waals surface area contributed by atoms with Gasteiger partial charge in [0.25, 0.3) is 0 Å². The van der Waals surface area contributed by atoms with E-state index in [9.17, 15) is 0 Å². The second-order valence-corrected chi connectivity index (χ2v) is 9.47. The van der Waals surface area contributed by atoms with Crippen LogP contribution in [0.15, 0.2) is 54.1 Å². The summed E-state index contributed by atoms with van der Waals surface area (Å²) in [7, 11) is 0. The molecule has 2 aromatic carbocycles. The van der Waals surface area contributed by atoms with Gasteiger partial charge in [0.05, 0.1) is 13.2 Å². The molecule has 0 amide bonds. The molecule has 0 spiro atoms. The number of hydrogen-bond acceptors (Lipinski definition) is 4. The van der Waals surface area contributed by atoms with Crippen LogP contribution in [0.1, 0.15) is 37.3 Å². The summed E-state index contributed by atoms with van der Waals surface area (Å²) in [5.74, 6) is 4.05. The highest BCUT2D eigenvalue weighted by molar-refractivity contribution is 5.83. The standard InChI is InChI=1S/C27H30O4/c1-17-20-2-3-21(12-20)26(17)27(18-4-8-22(9-5-18)28-13-24-15-30-24)19-6-10-23(11-7-19)29-14-25-16-31-25/h4-11,17,20-21,24-25H,2-3,12-16H2,1H3. The van der Waals surface area contributed by atoms with Crippen molar-refractivity contribution in [2.45, 2.75) is 38.4 Å². The molecule has 4 nitrogen and oxygen atoms in total. The van der Waals surface area contributed by atoms with Crippen molar-refractivity contribution in [3.8, 4) is 11.5 Å². The summed E-state index contributed by atoms with van der Waals surface area (Å²) in [6, 6.07) is 17.3. The van der Waals surface area contributed by atoms with Gasteiger partial charge < -0.3 is 18.9 Å². The average molecular weight is 419 g/mol. The van der Waals surface area contributed by atoms with Gasteiger partial charge in [-0.25, -0.2) is 0 Å². The van der Waals surface area contributed by atoms with Gasteiger partial charge >= 0.3 is 0 Å². The van der Waals surface area contributed by atoms with Crippen LogP contribution in [-0.2, 0) is 9.47 Å². The predicted octanol–water partition coefficient (Wildman–Crippen LogP) is 5.11. The van der Waals surface area contributed by atoms with Crippen molar-refractivity contribution in [1.82, 2.24) is 0 Å².